The van der Waals surface area contributed by atoms with Gasteiger partial charge in [-0.05, 0) is 52.4 Å². The van der Waals surface area contributed by atoms with Crippen molar-refractivity contribution in [3.8, 4) is 5.75 Å². The normalized spacial score (nSPS) is 10.8. The lowest BCUT2D eigenvalue weighted by atomic mass is 10.2. The van der Waals surface area contributed by atoms with Gasteiger partial charge in [-0.3, -0.25) is 4.79 Å². The number of carbonyl (C=O) groups is 1. The Hall–Kier alpha value is -1.31. The minimum atomic E-state index is -0.598. The van der Waals surface area contributed by atoms with Crippen molar-refractivity contribution in [2.75, 3.05) is 0 Å². The predicted octanol–water partition coefficient (Wildman–Crippen LogP) is 4.07. The number of nitrogens with one attached hydrogen (secondary N) is 1. The van der Waals surface area contributed by atoms with Crippen molar-refractivity contribution in [1.82, 2.24) is 5.43 Å². The third-order valence-electron chi connectivity index (χ3n) is 2.52. The summed E-state index contributed by atoms with van der Waals surface area (Å²) in [7, 11) is 0. The first kappa shape index (κ1) is 16.1. The van der Waals surface area contributed by atoms with Crippen molar-refractivity contribution in [2.24, 2.45) is 5.10 Å². The van der Waals surface area contributed by atoms with Gasteiger partial charge in [-0.2, -0.15) is 5.10 Å². The molecule has 0 bridgehead atoms. The van der Waals surface area contributed by atoms with Crippen LogP contribution in [0.4, 0.5) is 0 Å². The maximum Gasteiger partial charge on any atom is 0.275 e. The number of nitrogens with zero attached hydrogens (tertiary/aromatic N) is 1. The van der Waals surface area contributed by atoms with Crippen LogP contribution in [0.5, 0.6) is 5.75 Å². The third kappa shape index (κ3) is 4.33. The molecule has 2 rings (SSSR count). The van der Waals surface area contributed by atoms with Crippen LogP contribution in [-0.2, 0) is 0 Å². The van der Waals surface area contributed by atoms with E-state index in [2.05, 4.69) is 33.1 Å². The van der Waals surface area contributed by atoms with E-state index in [1.807, 2.05) is 24.3 Å². The van der Waals surface area contributed by atoms with Crippen molar-refractivity contribution in [3.63, 3.8) is 0 Å². The Balaban J connectivity index is 2.10. The summed E-state index contributed by atoms with van der Waals surface area (Å²) in [6.45, 7) is 0. The van der Waals surface area contributed by atoms with Gasteiger partial charge in [-0.25, -0.2) is 5.43 Å². The van der Waals surface area contributed by atoms with Crippen LogP contribution in [0.15, 0.2) is 41.5 Å². The summed E-state index contributed by atoms with van der Waals surface area (Å²) in [6, 6.07) is 10.2. The van der Waals surface area contributed by atoms with Crippen LogP contribution in [0.2, 0.25) is 10.0 Å². The second-order valence-electron chi connectivity index (χ2n) is 4.03. The minimum absolute atomic E-state index is 0.00858. The largest absolute Gasteiger partial charge is 0.506 e. The van der Waals surface area contributed by atoms with Gasteiger partial charge in [0.2, 0.25) is 0 Å². The Bertz CT molecular complexity index is 703. The number of aromatic hydroxyl groups is 1. The molecule has 108 valence electrons. The lowest BCUT2D eigenvalue weighted by Crippen LogP contribution is -2.17. The third-order valence-corrected chi connectivity index (χ3v) is 3.75. The fourth-order valence-corrected chi connectivity index (χ4v) is 2.37. The Morgan fingerprint density at radius 3 is 2.57 bits per heavy atom. The van der Waals surface area contributed by atoms with Crippen molar-refractivity contribution < 1.29 is 9.90 Å². The Morgan fingerprint density at radius 2 is 1.90 bits per heavy atom. The smallest absolute Gasteiger partial charge is 0.275 e. The van der Waals surface area contributed by atoms with Crippen molar-refractivity contribution >= 4 is 57.9 Å². The average Bonchev–Trinajstić information content (AvgIpc) is 2.44. The molecule has 0 unspecified atom stereocenters. The first-order valence-corrected chi connectivity index (χ1v) is 7.58. The molecule has 7 heteroatoms. The first-order chi connectivity index (χ1) is 9.97. The van der Waals surface area contributed by atoms with Gasteiger partial charge in [0, 0.05) is 8.59 Å². The van der Waals surface area contributed by atoms with Crippen LogP contribution in [-0.4, -0.2) is 17.2 Å². The van der Waals surface area contributed by atoms with Gasteiger partial charge in [-0.15, -0.1) is 0 Å². The molecule has 21 heavy (non-hydrogen) atoms. The van der Waals surface area contributed by atoms with E-state index in [4.69, 9.17) is 23.2 Å². The number of rotatable bonds is 3. The van der Waals surface area contributed by atoms with Crippen LogP contribution in [0.25, 0.3) is 0 Å². The summed E-state index contributed by atoms with van der Waals surface area (Å²) in [5, 5.41) is 13.8. The summed E-state index contributed by atoms with van der Waals surface area (Å²) in [5.41, 5.74) is 3.11. The highest BCUT2D eigenvalue weighted by Crippen LogP contribution is 2.30. The molecular formula is C14H9Cl2IN2O2. The summed E-state index contributed by atoms with van der Waals surface area (Å²) >= 11 is 13.7. The molecule has 2 aromatic rings. The van der Waals surface area contributed by atoms with E-state index in [0.29, 0.717) is 0 Å². The molecule has 0 atom stereocenters. The summed E-state index contributed by atoms with van der Waals surface area (Å²) in [4.78, 5) is 11.9. The highest BCUT2D eigenvalue weighted by molar-refractivity contribution is 14.1. The van der Waals surface area contributed by atoms with Gasteiger partial charge < -0.3 is 5.11 Å². The molecule has 0 aliphatic carbocycles. The van der Waals surface area contributed by atoms with Gasteiger partial charge in [0.1, 0.15) is 5.75 Å². The molecule has 0 aliphatic rings. The maximum atomic E-state index is 11.9. The fraction of sp³-hybridized carbons (Fsp3) is 0. The van der Waals surface area contributed by atoms with E-state index in [0.717, 1.165) is 9.13 Å². The number of phenolic OH excluding ortho intramolecular Hbond substituents is 1. The van der Waals surface area contributed by atoms with Crippen molar-refractivity contribution in [2.45, 2.75) is 0 Å². The minimum Gasteiger partial charge on any atom is -0.506 e. The van der Waals surface area contributed by atoms with E-state index >= 15 is 0 Å². The number of hydrogen-bond donors (Lipinski definition) is 2. The predicted molar refractivity (Wildman–Crippen MR) is 92.3 cm³/mol. The van der Waals surface area contributed by atoms with E-state index < -0.39 is 5.91 Å². The molecule has 2 N–H and O–H groups in total. The van der Waals surface area contributed by atoms with Gasteiger partial charge in [0.25, 0.3) is 5.91 Å². The van der Waals surface area contributed by atoms with E-state index in [1.54, 1.807) is 0 Å². The molecular weight excluding hydrogens is 426 g/mol. The standard InChI is InChI=1S/C14H9Cl2IN2O2/c15-9-5-11(13(20)12(16)6-9)14(21)19-18-7-8-1-3-10(17)4-2-8/h1-7,20H,(H,19,21)/b18-7-. The number of halogens is 3. The fourth-order valence-electron chi connectivity index (χ4n) is 1.51. The molecule has 0 heterocycles. The monoisotopic (exact) mass is 434 g/mol. The van der Waals surface area contributed by atoms with Gasteiger partial charge in [0.05, 0.1) is 16.8 Å². The number of benzene rings is 2. The molecule has 0 aromatic heterocycles. The number of amides is 1. The Labute approximate surface area is 144 Å². The zero-order valence-electron chi connectivity index (χ0n) is 10.5. The zero-order valence-corrected chi connectivity index (χ0v) is 14.1. The lowest BCUT2D eigenvalue weighted by molar-refractivity contribution is 0.0952. The molecule has 0 saturated carbocycles. The van der Waals surface area contributed by atoms with Crippen LogP contribution in [0.3, 0.4) is 0 Å². The van der Waals surface area contributed by atoms with Gasteiger partial charge in [0.15, 0.2) is 0 Å². The summed E-state index contributed by atoms with van der Waals surface area (Å²) in [6.07, 6.45) is 1.50. The molecule has 0 fully saturated rings. The molecule has 0 saturated heterocycles. The summed E-state index contributed by atoms with van der Waals surface area (Å²) in [5.74, 6) is -0.929. The highest BCUT2D eigenvalue weighted by atomic mass is 127. The highest BCUT2D eigenvalue weighted by Gasteiger charge is 2.14. The number of hydrazone groups is 1. The van der Waals surface area contributed by atoms with Crippen LogP contribution in [0, 0.1) is 3.57 Å². The Kier molecular flexibility index (Phi) is 5.44. The second kappa shape index (κ2) is 7.11. The van der Waals surface area contributed by atoms with Crippen molar-refractivity contribution in [3.05, 3.63) is 61.1 Å². The first-order valence-electron chi connectivity index (χ1n) is 5.74. The van der Waals surface area contributed by atoms with Gasteiger partial charge >= 0.3 is 0 Å². The topological polar surface area (TPSA) is 61.7 Å². The van der Waals surface area contributed by atoms with E-state index in [9.17, 15) is 9.90 Å². The van der Waals surface area contributed by atoms with E-state index in [-0.39, 0.29) is 21.4 Å². The van der Waals surface area contributed by atoms with Crippen LogP contribution in [0.1, 0.15) is 15.9 Å². The number of hydrogen-bond acceptors (Lipinski definition) is 3. The zero-order chi connectivity index (χ0) is 15.4. The van der Waals surface area contributed by atoms with E-state index in [1.165, 1.54) is 18.3 Å². The SMILES string of the molecule is O=C(N/N=C\c1ccc(I)cc1)c1cc(Cl)cc(Cl)c1O. The number of phenols is 1. The summed E-state index contributed by atoms with van der Waals surface area (Å²) < 4.78 is 1.10. The second-order valence-corrected chi connectivity index (χ2v) is 6.12. The molecule has 1 amide bonds. The van der Waals surface area contributed by atoms with Crippen molar-refractivity contribution in [1.29, 1.82) is 0 Å². The quantitative estimate of drug-likeness (QED) is 0.434. The average molecular weight is 435 g/mol. The molecule has 0 aliphatic heterocycles. The lowest BCUT2D eigenvalue weighted by Gasteiger charge is -2.05. The van der Waals surface area contributed by atoms with Gasteiger partial charge in [-0.1, -0.05) is 35.3 Å². The number of carbonyl (C=O) groups excluding carboxylic acids is 1. The molecule has 4 nitrogen and oxygen atoms in total. The molecule has 0 radical (unpaired) electrons. The maximum absolute atomic E-state index is 11.9. The molecule has 2 aromatic carbocycles. The molecule has 0 spiro atoms. The van der Waals surface area contributed by atoms with Crippen LogP contribution < -0.4 is 5.43 Å². The Morgan fingerprint density at radius 1 is 1.24 bits per heavy atom. The van der Waals surface area contributed by atoms with Crippen LogP contribution >= 0.6 is 45.8 Å².